The van der Waals surface area contributed by atoms with Gasteiger partial charge in [0.05, 0.1) is 18.7 Å². The van der Waals surface area contributed by atoms with E-state index in [2.05, 4.69) is 21.2 Å². The Morgan fingerprint density at radius 1 is 1.29 bits per heavy atom. The molecule has 0 bridgehead atoms. The van der Waals surface area contributed by atoms with E-state index < -0.39 is 12.0 Å². The van der Waals surface area contributed by atoms with E-state index in [1.807, 2.05) is 13.8 Å². The van der Waals surface area contributed by atoms with Gasteiger partial charge < -0.3 is 14.8 Å². The largest absolute Gasteiger partial charge is 0.496 e. The van der Waals surface area contributed by atoms with Crippen LogP contribution in [0.4, 0.5) is 0 Å². The summed E-state index contributed by atoms with van der Waals surface area (Å²) in [5.74, 6) is 0.0351. The van der Waals surface area contributed by atoms with Crippen molar-refractivity contribution in [2.45, 2.75) is 26.3 Å². The van der Waals surface area contributed by atoms with Crippen LogP contribution in [-0.2, 0) is 9.53 Å². The first kappa shape index (κ1) is 17.5. The minimum Gasteiger partial charge on any atom is -0.496 e. The number of halogens is 1. The van der Waals surface area contributed by atoms with Crippen LogP contribution in [0.25, 0.3) is 0 Å². The topological polar surface area (TPSA) is 64.6 Å². The lowest BCUT2D eigenvalue weighted by Crippen LogP contribution is -2.42. The lowest BCUT2D eigenvalue weighted by Gasteiger charge is -2.18. The lowest BCUT2D eigenvalue weighted by molar-refractivity contribution is -0.143. The van der Waals surface area contributed by atoms with Gasteiger partial charge >= 0.3 is 5.97 Å². The maximum absolute atomic E-state index is 12.2. The minimum atomic E-state index is -0.655. The molecule has 0 spiro atoms. The predicted octanol–water partition coefficient (Wildman–Crippen LogP) is 2.78. The molecule has 1 amide bonds. The smallest absolute Gasteiger partial charge is 0.328 e. The number of hydrogen-bond donors (Lipinski definition) is 1. The van der Waals surface area contributed by atoms with Crippen molar-refractivity contribution in [1.29, 1.82) is 0 Å². The van der Waals surface area contributed by atoms with Crippen LogP contribution in [0.5, 0.6) is 5.75 Å². The Morgan fingerprint density at radius 2 is 1.95 bits per heavy atom. The summed E-state index contributed by atoms with van der Waals surface area (Å²) in [6.45, 7) is 3.95. The normalized spacial score (nSPS) is 11.9. The zero-order valence-corrected chi connectivity index (χ0v) is 14.2. The number of esters is 1. The summed E-state index contributed by atoms with van der Waals surface area (Å²) >= 11 is 3.33. The summed E-state index contributed by atoms with van der Waals surface area (Å²) in [7, 11) is 2.84. The van der Waals surface area contributed by atoms with E-state index >= 15 is 0 Å². The first-order chi connectivity index (χ1) is 9.88. The molecule has 0 unspecified atom stereocenters. The third-order valence-electron chi connectivity index (χ3n) is 2.91. The highest BCUT2D eigenvalue weighted by Crippen LogP contribution is 2.25. The number of amides is 1. The molecule has 116 valence electrons. The number of carbonyl (C=O) groups is 2. The fourth-order valence-electron chi connectivity index (χ4n) is 1.87. The molecule has 0 aliphatic heterocycles. The van der Waals surface area contributed by atoms with Gasteiger partial charge in [-0.15, -0.1) is 0 Å². The highest BCUT2D eigenvalue weighted by molar-refractivity contribution is 9.10. The molecule has 0 radical (unpaired) electrons. The van der Waals surface area contributed by atoms with Gasteiger partial charge in [0, 0.05) is 5.56 Å². The van der Waals surface area contributed by atoms with Gasteiger partial charge in [-0.1, -0.05) is 13.8 Å². The summed E-state index contributed by atoms with van der Waals surface area (Å²) < 4.78 is 10.6. The van der Waals surface area contributed by atoms with Crippen LogP contribution in [0.1, 0.15) is 30.6 Å². The zero-order valence-electron chi connectivity index (χ0n) is 12.6. The van der Waals surface area contributed by atoms with E-state index in [9.17, 15) is 9.59 Å². The highest BCUT2D eigenvalue weighted by atomic mass is 79.9. The molecule has 21 heavy (non-hydrogen) atoms. The first-order valence-electron chi connectivity index (χ1n) is 6.61. The monoisotopic (exact) mass is 357 g/mol. The summed E-state index contributed by atoms with van der Waals surface area (Å²) in [5.41, 5.74) is 0.424. The molecule has 1 rings (SSSR count). The van der Waals surface area contributed by atoms with Crippen LogP contribution < -0.4 is 10.1 Å². The van der Waals surface area contributed by atoms with Gasteiger partial charge in [0.15, 0.2) is 0 Å². The fraction of sp³-hybridized carbons (Fsp3) is 0.467. The Kier molecular flexibility index (Phi) is 6.68. The molecule has 1 aromatic rings. The number of nitrogens with one attached hydrogen (secondary N) is 1. The van der Waals surface area contributed by atoms with Gasteiger partial charge in [-0.05, 0) is 46.5 Å². The SMILES string of the molecule is COC(=O)[C@@H](CC(C)C)NC(=O)c1ccc(Br)c(OC)c1. The molecule has 0 aromatic heterocycles. The predicted molar refractivity (Wildman–Crippen MR) is 83.4 cm³/mol. The van der Waals surface area contributed by atoms with Crippen LogP contribution in [-0.4, -0.2) is 32.1 Å². The van der Waals surface area contributed by atoms with Gasteiger partial charge in [0.2, 0.25) is 0 Å². The maximum atomic E-state index is 12.2. The fourth-order valence-corrected chi connectivity index (χ4v) is 2.28. The molecule has 6 heteroatoms. The molecule has 1 aromatic carbocycles. The van der Waals surface area contributed by atoms with Crippen molar-refractivity contribution in [3.63, 3.8) is 0 Å². The van der Waals surface area contributed by atoms with Crippen LogP contribution in [0.15, 0.2) is 22.7 Å². The molecule has 0 saturated heterocycles. The van der Waals surface area contributed by atoms with Crippen LogP contribution in [0.2, 0.25) is 0 Å². The van der Waals surface area contributed by atoms with E-state index in [0.717, 1.165) is 4.47 Å². The van der Waals surface area contributed by atoms with E-state index in [1.165, 1.54) is 14.2 Å². The van der Waals surface area contributed by atoms with E-state index in [4.69, 9.17) is 9.47 Å². The molecule has 1 N–H and O–H groups in total. The van der Waals surface area contributed by atoms with Crippen LogP contribution >= 0.6 is 15.9 Å². The molecule has 0 aliphatic rings. The summed E-state index contributed by atoms with van der Waals surface area (Å²) in [6, 6.07) is 4.34. The van der Waals surface area contributed by atoms with Gasteiger partial charge in [0.1, 0.15) is 11.8 Å². The number of rotatable bonds is 6. The highest BCUT2D eigenvalue weighted by Gasteiger charge is 2.23. The second kappa shape index (κ2) is 8.02. The maximum Gasteiger partial charge on any atom is 0.328 e. The molecular formula is C15H20BrNO4. The van der Waals surface area contributed by atoms with Gasteiger partial charge in [-0.3, -0.25) is 4.79 Å². The van der Waals surface area contributed by atoms with Crippen molar-refractivity contribution in [2.24, 2.45) is 5.92 Å². The Morgan fingerprint density at radius 3 is 2.48 bits per heavy atom. The van der Waals surface area contributed by atoms with Crippen LogP contribution in [0, 0.1) is 5.92 Å². The molecule has 1 atom stereocenters. The molecular weight excluding hydrogens is 338 g/mol. The summed E-state index contributed by atoms with van der Waals surface area (Å²) in [4.78, 5) is 24.0. The summed E-state index contributed by atoms with van der Waals surface area (Å²) in [6.07, 6.45) is 0.520. The number of benzene rings is 1. The first-order valence-corrected chi connectivity index (χ1v) is 7.40. The average molecular weight is 358 g/mol. The van der Waals surface area contributed by atoms with E-state index in [1.54, 1.807) is 18.2 Å². The Labute approximate surface area is 133 Å². The standard InChI is InChI=1S/C15H20BrNO4/c1-9(2)7-12(15(19)21-4)17-14(18)10-5-6-11(16)13(8-10)20-3/h5-6,8-9,12H,7H2,1-4H3,(H,17,18)/t12-/m1/s1. The van der Waals surface area contributed by atoms with Crippen molar-refractivity contribution in [3.05, 3.63) is 28.2 Å². The van der Waals surface area contributed by atoms with Crippen molar-refractivity contribution >= 4 is 27.8 Å². The molecule has 0 fully saturated rings. The Hall–Kier alpha value is -1.56. The third kappa shape index (κ3) is 5.04. The molecule has 5 nitrogen and oxygen atoms in total. The zero-order chi connectivity index (χ0) is 16.0. The number of ether oxygens (including phenoxy) is 2. The number of hydrogen-bond acceptors (Lipinski definition) is 4. The van der Waals surface area contributed by atoms with Crippen molar-refractivity contribution < 1.29 is 19.1 Å². The van der Waals surface area contributed by atoms with Crippen molar-refractivity contribution in [1.82, 2.24) is 5.32 Å². The van der Waals surface area contributed by atoms with Crippen molar-refractivity contribution in [3.8, 4) is 5.75 Å². The Balaban J connectivity index is 2.88. The molecule has 0 aliphatic carbocycles. The van der Waals surface area contributed by atoms with Gasteiger partial charge in [-0.25, -0.2) is 4.79 Å². The van der Waals surface area contributed by atoms with Gasteiger partial charge in [0.25, 0.3) is 5.91 Å². The quantitative estimate of drug-likeness (QED) is 0.795. The second-order valence-electron chi connectivity index (χ2n) is 5.03. The third-order valence-corrected chi connectivity index (χ3v) is 3.57. The second-order valence-corrected chi connectivity index (χ2v) is 5.88. The lowest BCUT2D eigenvalue weighted by atomic mass is 10.0. The van der Waals surface area contributed by atoms with Crippen LogP contribution in [0.3, 0.4) is 0 Å². The molecule has 0 heterocycles. The van der Waals surface area contributed by atoms with E-state index in [0.29, 0.717) is 17.7 Å². The van der Waals surface area contributed by atoms with Gasteiger partial charge in [-0.2, -0.15) is 0 Å². The number of methoxy groups -OCH3 is 2. The number of carbonyl (C=O) groups excluding carboxylic acids is 2. The Bertz CT molecular complexity index is 516. The average Bonchev–Trinajstić information content (AvgIpc) is 2.45. The summed E-state index contributed by atoms with van der Waals surface area (Å²) in [5, 5.41) is 2.70. The van der Waals surface area contributed by atoms with Crippen molar-refractivity contribution in [2.75, 3.05) is 14.2 Å². The molecule has 0 saturated carbocycles. The van der Waals surface area contributed by atoms with E-state index in [-0.39, 0.29) is 11.8 Å². The minimum absolute atomic E-state index is 0.258.